The smallest absolute Gasteiger partial charge is 0.261 e. The largest absolute Gasteiger partial charge is 0.480 e. The Bertz CT molecular complexity index is 839. The van der Waals surface area contributed by atoms with Gasteiger partial charge in [0.15, 0.2) is 6.10 Å². The van der Waals surface area contributed by atoms with Crippen LogP contribution in [0.4, 0.5) is 5.69 Å². The minimum Gasteiger partial charge on any atom is -0.480 e. The maximum Gasteiger partial charge on any atom is 0.261 e. The van der Waals surface area contributed by atoms with E-state index < -0.39 is 6.10 Å². The van der Waals surface area contributed by atoms with E-state index in [1.54, 1.807) is 0 Å². The van der Waals surface area contributed by atoms with Gasteiger partial charge in [-0.2, -0.15) is 0 Å². The molecule has 1 aliphatic rings. The van der Waals surface area contributed by atoms with Gasteiger partial charge < -0.3 is 15.0 Å². The molecule has 0 spiro atoms. The lowest BCUT2D eigenvalue weighted by molar-refractivity contribution is -0.128. The van der Waals surface area contributed by atoms with Gasteiger partial charge in [0.05, 0.1) is 6.04 Å². The van der Waals surface area contributed by atoms with Crippen molar-refractivity contribution in [3.05, 3.63) is 59.2 Å². The van der Waals surface area contributed by atoms with Crippen LogP contribution in [-0.4, -0.2) is 25.1 Å². The van der Waals surface area contributed by atoms with E-state index in [4.69, 9.17) is 4.74 Å². The van der Waals surface area contributed by atoms with Gasteiger partial charge in [0.1, 0.15) is 5.75 Å². The van der Waals surface area contributed by atoms with Gasteiger partial charge in [0.2, 0.25) is 0 Å². The topological polar surface area (TPSA) is 41.6 Å². The van der Waals surface area contributed by atoms with Gasteiger partial charge in [0, 0.05) is 18.8 Å². The number of carbonyl (C=O) groups excluding carboxylic acids is 1. The second kappa shape index (κ2) is 10.0. The second-order valence-electron chi connectivity index (χ2n) is 8.70. The zero-order valence-electron chi connectivity index (χ0n) is 19.1. The fourth-order valence-corrected chi connectivity index (χ4v) is 3.96. The van der Waals surface area contributed by atoms with Gasteiger partial charge in [-0.15, -0.1) is 0 Å². The van der Waals surface area contributed by atoms with Gasteiger partial charge in [-0.3, -0.25) is 4.79 Å². The SMILES string of the molecule is CC[C@H](Oc1cccc(C)c1C)C(=O)N[C@@H](C)c1ccc(N2CCC(C)CC2)cc1. The fourth-order valence-electron chi connectivity index (χ4n) is 3.96. The summed E-state index contributed by atoms with van der Waals surface area (Å²) in [4.78, 5) is 15.3. The molecular weight excluding hydrogens is 372 g/mol. The maximum absolute atomic E-state index is 12.9. The van der Waals surface area contributed by atoms with Crippen LogP contribution in [-0.2, 0) is 4.79 Å². The Morgan fingerprint density at radius 3 is 2.43 bits per heavy atom. The number of nitrogens with one attached hydrogen (secondary N) is 1. The number of hydrogen-bond acceptors (Lipinski definition) is 3. The van der Waals surface area contributed by atoms with Crippen LogP contribution < -0.4 is 15.0 Å². The van der Waals surface area contributed by atoms with Crippen LogP contribution in [0.2, 0.25) is 0 Å². The molecule has 1 saturated heterocycles. The Balaban J connectivity index is 1.60. The summed E-state index contributed by atoms with van der Waals surface area (Å²) in [5.41, 5.74) is 4.63. The molecule has 30 heavy (non-hydrogen) atoms. The number of rotatable bonds is 7. The minimum absolute atomic E-state index is 0.0656. The van der Waals surface area contributed by atoms with E-state index in [1.165, 1.54) is 24.1 Å². The average Bonchev–Trinajstić information content (AvgIpc) is 2.75. The molecule has 0 unspecified atom stereocenters. The molecule has 2 atom stereocenters. The number of aryl methyl sites for hydroxylation is 1. The third kappa shape index (κ3) is 5.35. The minimum atomic E-state index is -0.498. The lowest BCUT2D eigenvalue weighted by Gasteiger charge is -2.32. The number of hydrogen-bond donors (Lipinski definition) is 1. The molecule has 4 nitrogen and oxygen atoms in total. The summed E-state index contributed by atoms with van der Waals surface area (Å²) in [6.45, 7) is 12.7. The first kappa shape index (κ1) is 22.2. The summed E-state index contributed by atoms with van der Waals surface area (Å²) in [5, 5.41) is 3.13. The molecule has 0 bridgehead atoms. The number of amides is 1. The van der Waals surface area contributed by atoms with Crippen LogP contribution in [0, 0.1) is 19.8 Å². The Labute approximate surface area is 181 Å². The van der Waals surface area contributed by atoms with Crippen molar-refractivity contribution in [3.8, 4) is 5.75 Å². The second-order valence-corrected chi connectivity index (χ2v) is 8.70. The van der Waals surface area contributed by atoms with Crippen molar-refractivity contribution < 1.29 is 9.53 Å². The molecule has 1 amide bonds. The van der Waals surface area contributed by atoms with Crippen LogP contribution in [0.25, 0.3) is 0 Å². The van der Waals surface area contributed by atoms with Gasteiger partial charge >= 0.3 is 0 Å². The molecule has 2 aromatic rings. The highest BCUT2D eigenvalue weighted by molar-refractivity contribution is 5.81. The van der Waals surface area contributed by atoms with Gasteiger partial charge in [0.25, 0.3) is 5.91 Å². The van der Waals surface area contributed by atoms with Gasteiger partial charge in [-0.05, 0) is 80.8 Å². The average molecular weight is 409 g/mol. The van der Waals surface area contributed by atoms with Gasteiger partial charge in [-0.1, -0.05) is 38.1 Å². The van der Waals surface area contributed by atoms with E-state index in [9.17, 15) is 4.79 Å². The quantitative estimate of drug-likeness (QED) is 0.651. The molecule has 0 radical (unpaired) electrons. The van der Waals surface area contributed by atoms with Crippen LogP contribution in [0.3, 0.4) is 0 Å². The highest BCUT2D eigenvalue weighted by Gasteiger charge is 2.22. The van der Waals surface area contributed by atoms with Crippen molar-refractivity contribution in [2.24, 2.45) is 5.92 Å². The molecule has 1 heterocycles. The lowest BCUT2D eigenvalue weighted by atomic mass is 9.98. The Morgan fingerprint density at radius 1 is 1.13 bits per heavy atom. The Hall–Kier alpha value is -2.49. The molecule has 0 aromatic heterocycles. The lowest BCUT2D eigenvalue weighted by Crippen LogP contribution is -2.39. The van der Waals surface area contributed by atoms with E-state index in [0.29, 0.717) is 6.42 Å². The number of ether oxygens (including phenoxy) is 1. The number of nitrogens with zero attached hydrogens (tertiary/aromatic N) is 1. The third-order valence-corrected chi connectivity index (χ3v) is 6.39. The fraction of sp³-hybridized carbons (Fsp3) is 0.500. The van der Waals surface area contributed by atoms with Crippen molar-refractivity contribution in [3.63, 3.8) is 0 Å². The zero-order valence-corrected chi connectivity index (χ0v) is 19.1. The van der Waals surface area contributed by atoms with Crippen LogP contribution in [0.5, 0.6) is 5.75 Å². The molecule has 4 heteroatoms. The predicted molar refractivity (Wildman–Crippen MR) is 124 cm³/mol. The number of anilines is 1. The zero-order chi connectivity index (χ0) is 21.7. The Morgan fingerprint density at radius 2 is 1.80 bits per heavy atom. The highest BCUT2D eigenvalue weighted by atomic mass is 16.5. The molecule has 0 saturated carbocycles. The van der Waals surface area contributed by atoms with Crippen LogP contribution in [0.1, 0.15) is 62.8 Å². The first-order valence-electron chi connectivity index (χ1n) is 11.3. The molecule has 2 aromatic carbocycles. The van der Waals surface area contributed by atoms with Crippen molar-refractivity contribution >= 4 is 11.6 Å². The van der Waals surface area contributed by atoms with Crippen molar-refractivity contribution in [2.45, 2.75) is 66.0 Å². The first-order chi connectivity index (χ1) is 14.4. The molecule has 1 fully saturated rings. The summed E-state index contributed by atoms with van der Waals surface area (Å²) in [6, 6.07) is 14.5. The number of piperidine rings is 1. The summed E-state index contributed by atoms with van der Waals surface area (Å²) in [6.07, 6.45) is 2.64. The molecule has 0 aliphatic carbocycles. The molecule has 162 valence electrons. The standard InChI is InChI=1S/C26H36N2O2/c1-6-24(30-25-9-7-8-19(3)20(25)4)26(29)27-21(5)22-10-12-23(13-11-22)28-16-14-18(2)15-17-28/h7-13,18,21,24H,6,14-17H2,1-5H3,(H,27,29)/t21-,24-/m0/s1. The summed E-state index contributed by atoms with van der Waals surface area (Å²) in [7, 11) is 0. The van der Waals surface area contributed by atoms with Crippen molar-refractivity contribution in [1.29, 1.82) is 0 Å². The maximum atomic E-state index is 12.9. The monoisotopic (exact) mass is 408 g/mol. The third-order valence-electron chi connectivity index (χ3n) is 6.39. The molecule has 3 rings (SSSR count). The van der Waals surface area contributed by atoms with E-state index in [0.717, 1.165) is 35.9 Å². The molecule has 1 N–H and O–H groups in total. The Kier molecular flexibility index (Phi) is 7.41. The van der Waals surface area contributed by atoms with E-state index in [2.05, 4.69) is 54.4 Å². The highest BCUT2D eigenvalue weighted by Crippen LogP contribution is 2.25. The predicted octanol–water partition coefficient (Wildman–Crippen LogP) is 5.57. The van der Waals surface area contributed by atoms with E-state index >= 15 is 0 Å². The van der Waals surface area contributed by atoms with E-state index in [-0.39, 0.29) is 11.9 Å². The normalized spacial score (nSPS) is 16.8. The number of carbonyl (C=O) groups is 1. The van der Waals surface area contributed by atoms with Crippen molar-refractivity contribution in [1.82, 2.24) is 5.32 Å². The first-order valence-corrected chi connectivity index (χ1v) is 11.3. The molecule has 1 aliphatic heterocycles. The summed E-state index contributed by atoms with van der Waals surface area (Å²) >= 11 is 0. The van der Waals surface area contributed by atoms with Crippen LogP contribution >= 0.6 is 0 Å². The van der Waals surface area contributed by atoms with E-state index in [1.807, 2.05) is 32.9 Å². The molecular formula is C26H36N2O2. The van der Waals surface area contributed by atoms with Crippen molar-refractivity contribution in [2.75, 3.05) is 18.0 Å². The van der Waals surface area contributed by atoms with Gasteiger partial charge in [-0.25, -0.2) is 0 Å². The summed E-state index contributed by atoms with van der Waals surface area (Å²) < 4.78 is 6.06. The summed E-state index contributed by atoms with van der Waals surface area (Å²) in [5.74, 6) is 1.54. The van der Waals surface area contributed by atoms with Crippen LogP contribution in [0.15, 0.2) is 42.5 Å². The number of benzene rings is 2.